The van der Waals surface area contributed by atoms with Gasteiger partial charge in [0.25, 0.3) is 0 Å². The Labute approximate surface area is 194 Å². The third-order valence-corrected chi connectivity index (χ3v) is 4.45. The van der Waals surface area contributed by atoms with Crippen LogP contribution in [0.25, 0.3) is 0 Å². The van der Waals surface area contributed by atoms with Crippen molar-refractivity contribution in [2.24, 2.45) is 0 Å². The summed E-state index contributed by atoms with van der Waals surface area (Å²) in [6.07, 6.45) is -6.88. The van der Waals surface area contributed by atoms with Gasteiger partial charge in [0.2, 0.25) is 12.4 Å². The van der Waals surface area contributed by atoms with E-state index in [1.807, 2.05) is 0 Å². The van der Waals surface area contributed by atoms with Crippen LogP contribution in [0.2, 0.25) is 0 Å². The Morgan fingerprint density at radius 2 is 1.44 bits per heavy atom. The number of carbonyl (C=O) groups is 5. The minimum Gasteiger partial charge on any atom is -0.478 e. The van der Waals surface area contributed by atoms with E-state index in [0.29, 0.717) is 0 Å². The summed E-state index contributed by atoms with van der Waals surface area (Å²) in [4.78, 5) is 57.9. The maximum Gasteiger partial charge on any atom is 0.335 e. The van der Waals surface area contributed by atoms with Gasteiger partial charge in [-0.3, -0.25) is 19.2 Å². The van der Waals surface area contributed by atoms with Crippen molar-refractivity contribution in [1.82, 2.24) is 0 Å². The summed E-state index contributed by atoms with van der Waals surface area (Å²) < 4.78 is 32.4. The Bertz CT molecular complexity index is 961. The van der Waals surface area contributed by atoms with Gasteiger partial charge in [0.05, 0.1) is 11.3 Å². The normalized spacial score (nSPS) is 23.8. The van der Waals surface area contributed by atoms with Gasteiger partial charge < -0.3 is 39.3 Å². The van der Waals surface area contributed by atoms with Gasteiger partial charge in [-0.05, 0) is 18.2 Å². The first-order chi connectivity index (χ1) is 15.9. The number of nitrogens with two attached hydrogens (primary N) is 1. The highest BCUT2D eigenvalue weighted by atomic mass is 16.7. The van der Waals surface area contributed by atoms with Crippen molar-refractivity contribution in [1.29, 1.82) is 0 Å². The summed E-state index contributed by atoms with van der Waals surface area (Å²) in [5, 5.41) is 9.11. The zero-order valence-electron chi connectivity index (χ0n) is 18.8. The monoisotopic (exact) mass is 483 g/mol. The fourth-order valence-electron chi connectivity index (χ4n) is 3.20. The number of nitrogen functional groups attached to an aromatic ring is 1. The lowest BCUT2D eigenvalue weighted by molar-refractivity contribution is -0.288. The summed E-state index contributed by atoms with van der Waals surface area (Å²) >= 11 is 0. The fraction of sp³-hybridized carbons (Fsp3) is 0.476. The molecule has 0 amide bonds. The van der Waals surface area contributed by atoms with E-state index in [-0.39, 0.29) is 17.0 Å². The summed E-state index contributed by atoms with van der Waals surface area (Å²) in [5.41, 5.74) is 5.71. The minimum atomic E-state index is -1.49. The highest BCUT2D eigenvalue weighted by Gasteiger charge is 2.53. The number of esters is 4. The highest BCUT2D eigenvalue weighted by Crippen LogP contribution is 2.33. The molecule has 1 heterocycles. The standard InChI is InChI=1S/C21H25NO12/c1-9(23)29-8-16-17(30-10(2)24)18(31-11(3)25)19(32-12(4)26)21(34-16)33-15-6-5-13(20(27)28)7-14(15)22/h5-7,16-19,21H,8,22H2,1-4H3,(H,27,28)/t16-,17-,18+,19-,21-/m1/s1. The number of ether oxygens (including phenoxy) is 6. The van der Waals surface area contributed by atoms with Gasteiger partial charge >= 0.3 is 29.8 Å². The predicted octanol–water partition coefficient (Wildman–Crippen LogP) is 0.429. The summed E-state index contributed by atoms with van der Waals surface area (Å²) in [6, 6.07) is 3.62. The number of carbonyl (C=O) groups excluding carboxylic acids is 4. The van der Waals surface area contributed by atoms with Crippen LogP contribution in [0.3, 0.4) is 0 Å². The third-order valence-electron chi connectivity index (χ3n) is 4.45. The fourth-order valence-corrected chi connectivity index (χ4v) is 3.20. The molecule has 186 valence electrons. The van der Waals surface area contributed by atoms with Crippen LogP contribution in [0.5, 0.6) is 5.75 Å². The van der Waals surface area contributed by atoms with Crippen LogP contribution < -0.4 is 10.5 Å². The van der Waals surface area contributed by atoms with Gasteiger partial charge in [0.1, 0.15) is 18.5 Å². The predicted molar refractivity (Wildman–Crippen MR) is 110 cm³/mol. The zero-order chi connectivity index (χ0) is 25.6. The van der Waals surface area contributed by atoms with Crippen LogP contribution in [0.4, 0.5) is 5.69 Å². The third kappa shape index (κ3) is 7.07. The minimum absolute atomic E-state index is 0.0362. The zero-order valence-corrected chi connectivity index (χ0v) is 18.8. The average Bonchev–Trinajstić information content (AvgIpc) is 2.71. The molecular weight excluding hydrogens is 458 g/mol. The average molecular weight is 483 g/mol. The quantitative estimate of drug-likeness (QED) is 0.295. The maximum absolute atomic E-state index is 11.8. The van der Waals surface area contributed by atoms with Crippen LogP contribution in [-0.2, 0) is 42.9 Å². The van der Waals surface area contributed by atoms with E-state index in [4.69, 9.17) is 39.3 Å². The number of anilines is 1. The van der Waals surface area contributed by atoms with E-state index in [2.05, 4.69) is 0 Å². The molecule has 1 aromatic rings. The van der Waals surface area contributed by atoms with Crippen LogP contribution in [-0.4, -0.2) is 72.3 Å². The Kier molecular flexibility index (Phi) is 8.78. The molecule has 2 rings (SSSR count). The lowest BCUT2D eigenvalue weighted by Gasteiger charge is -2.44. The molecule has 0 saturated carbocycles. The van der Waals surface area contributed by atoms with Gasteiger partial charge in [-0.25, -0.2) is 4.79 Å². The summed E-state index contributed by atoms with van der Waals surface area (Å²) in [6.45, 7) is 3.99. The van der Waals surface area contributed by atoms with Gasteiger partial charge in [-0.2, -0.15) is 0 Å². The lowest BCUT2D eigenvalue weighted by Crippen LogP contribution is -2.63. The van der Waals surface area contributed by atoms with E-state index < -0.39 is 67.2 Å². The summed E-state index contributed by atoms with van der Waals surface area (Å²) in [5.74, 6) is -4.28. The summed E-state index contributed by atoms with van der Waals surface area (Å²) in [7, 11) is 0. The highest BCUT2D eigenvalue weighted by molar-refractivity contribution is 5.89. The van der Waals surface area contributed by atoms with Crippen molar-refractivity contribution < 1.29 is 57.5 Å². The number of carboxylic acids is 1. The van der Waals surface area contributed by atoms with E-state index in [1.165, 1.54) is 12.1 Å². The first kappa shape index (κ1) is 26.4. The number of rotatable bonds is 8. The number of benzene rings is 1. The van der Waals surface area contributed by atoms with Gasteiger partial charge in [-0.1, -0.05) is 0 Å². The molecule has 0 bridgehead atoms. The molecule has 13 heteroatoms. The molecule has 1 saturated heterocycles. The van der Waals surface area contributed by atoms with Crippen molar-refractivity contribution >= 4 is 35.5 Å². The van der Waals surface area contributed by atoms with Crippen molar-refractivity contribution in [3.63, 3.8) is 0 Å². The molecule has 0 spiro atoms. The Hall–Kier alpha value is -3.87. The molecule has 3 N–H and O–H groups in total. The topological polar surface area (TPSA) is 187 Å². The molecule has 0 aromatic heterocycles. The smallest absolute Gasteiger partial charge is 0.335 e. The largest absolute Gasteiger partial charge is 0.478 e. The van der Waals surface area contributed by atoms with Crippen LogP contribution in [0.1, 0.15) is 38.1 Å². The number of carboxylic acid groups (broad SMARTS) is 1. The van der Waals surface area contributed by atoms with E-state index in [9.17, 15) is 24.0 Å². The molecule has 34 heavy (non-hydrogen) atoms. The van der Waals surface area contributed by atoms with Crippen LogP contribution in [0, 0.1) is 0 Å². The first-order valence-electron chi connectivity index (χ1n) is 9.99. The van der Waals surface area contributed by atoms with Gasteiger partial charge in [0, 0.05) is 27.7 Å². The SMILES string of the molecule is CC(=O)OC[C@H]1O[C@@H](Oc2ccc(C(=O)O)cc2N)[C@H](OC(C)=O)[C@@H](OC(C)=O)[C@@H]1OC(C)=O. The van der Waals surface area contributed by atoms with Crippen LogP contribution in [0.15, 0.2) is 18.2 Å². The number of hydrogen-bond acceptors (Lipinski definition) is 12. The second-order valence-electron chi connectivity index (χ2n) is 7.24. The second kappa shape index (κ2) is 11.3. The van der Waals surface area contributed by atoms with E-state index in [0.717, 1.165) is 33.8 Å². The molecule has 0 aliphatic carbocycles. The molecule has 13 nitrogen and oxygen atoms in total. The lowest BCUT2D eigenvalue weighted by atomic mass is 9.98. The Morgan fingerprint density at radius 3 is 1.94 bits per heavy atom. The Balaban J connectivity index is 2.49. The van der Waals surface area contributed by atoms with Crippen molar-refractivity contribution in [2.75, 3.05) is 12.3 Å². The van der Waals surface area contributed by atoms with Crippen LogP contribution >= 0.6 is 0 Å². The van der Waals surface area contributed by atoms with Gasteiger partial charge in [-0.15, -0.1) is 0 Å². The number of aromatic carboxylic acids is 1. The molecule has 0 unspecified atom stereocenters. The number of hydrogen-bond donors (Lipinski definition) is 2. The first-order valence-corrected chi connectivity index (χ1v) is 9.99. The Morgan fingerprint density at radius 1 is 0.882 bits per heavy atom. The van der Waals surface area contributed by atoms with Crippen molar-refractivity contribution in [3.8, 4) is 5.75 Å². The molecule has 1 aromatic carbocycles. The molecular formula is C21H25NO12. The van der Waals surface area contributed by atoms with E-state index in [1.54, 1.807) is 0 Å². The maximum atomic E-state index is 11.8. The van der Waals surface area contributed by atoms with Crippen molar-refractivity contribution in [2.45, 2.75) is 58.4 Å². The molecule has 1 aliphatic heterocycles. The van der Waals surface area contributed by atoms with Gasteiger partial charge in [0.15, 0.2) is 12.2 Å². The second-order valence-corrected chi connectivity index (χ2v) is 7.24. The molecule has 1 fully saturated rings. The molecule has 1 aliphatic rings. The molecule has 5 atom stereocenters. The van der Waals surface area contributed by atoms with Crippen molar-refractivity contribution in [3.05, 3.63) is 23.8 Å². The van der Waals surface area contributed by atoms with E-state index >= 15 is 0 Å². The molecule has 0 radical (unpaired) electrons.